The summed E-state index contributed by atoms with van der Waals surface area (Å²) in [6.45, 7) is 13.3. The van der Waals surface area contributed by atoms with E-state index in [4.69, 9.17) is 0 Å². The van der Waals surface area contributed by atoms with Crippen LogP contribution in [0, 0.1) is 27.7 Å². The summed E-state index contributed by atoms with van der Waals surface area (Å²) in [6, 6.07) is 36.5. The summed E-state index contributed by atoms with van der Waals surface area (Å²) in [5.74, 6) is 0. The van der Waals surface area contributed by atoms with E-state index >= 15 is 0 Å². The molecule has 0 bridgehead atoms. The summed E-state index contributed by atoms with van der Waals surface area (Å²) >= 11 is 1.28. The second kappa shape index (κ2) is 19.0. The predicted octanol–water partition coefficient (Wildman–Crippen LogP) is 15.7. The Morgan fingerprint density at radius 2 is 0.889 bits per heavy atom. The van der Waals surface area contributed by atoms with Gasteiger partial charge in [-0.3, -0.25) is 0 Å². The van der Waals surface area contributed by atoms with E-state index in [-0.39, 0.29) is 5.41 Å². The van der Waals surface area contributed by atoms with Crippen molar-refractivity contribution in [3.63, 3.8) is 0 Å². The summed E-state index contributed by atoms with van der Waals surface area (Å²) in [5, 5.41) is 0. The van der Waals surface area contributed by atoms with Gasteiger partial charge in [-0.25, -0.2) is 0 Å². The topological polar surface area (TPSA) is 25.8 Å². The zero-order chi connectivity index (χ0) is 37.9. The Morgan fingerprint density at radius 3 is 1.50 bits per heavy atom. The van der Waals surface area contributed by atoms with Gasteiger partial charge >= 0.3 is 0 Å². The summed E-state index contributed by atoms with van der Waals surface area (Å²) in [5.41, 5.74) is 18.7. The van der Waals surface area contributed by atoms with E-state index in [2.05, 4.69) is 147 Å². The molecule has 282 valence electrons. The first-order valence-corrected chi connectivity index (χ1v) is 21.7. The number of fused-ring (bicyclic) bond motifs is 4. The largest absolute Gasteiger partial charge is 0.173 e. The second-order valence-electron chi connectivity index (χ2n) is 16.1. The van der Waals surface area contributed by atoms with Gasteiger partial charge in [0.25, 0.3) is 0 Å². The highest BCUT2D eigenvalue weighted by Crippen LogP contribution is 2.55. The molecular formula is C51H62N2S. The van der Waals surface area contributed by atoms with Gasteiger partial charge in [0.05, 0.1) is 11.7 Å². The monoisotopic (exact) mass is 734 g/mol. The normalized spacial score (nSPS) is 12.7. The van der Waals surface area contributed by atoms with Crippen molar-refractivity contribution < 1.29 is 0 Å². The van der Waals surface area contributed by atoms with Gasteiger partial charge in [0, 0.05) is 11.0 Å². The molecular weight excluding hydrogens is 673 g/mol. The van der Waals surface area contributed by atoms with Gasteiger partial charge in [-0.1, -0.05) is 199 Å². The highest BCUT2D eigenvalue weighted by Gasteiger charge is 2.42. The van der Waals surface area contributed by atoms with Crippen molar-refractivity contribution >= 4 is 22.8 Å². The van der Waals surface area contributed by atoms with E-state index < -0.39 is 0 Å². The lowest BCUT2D eigenvalue weighted by molar-refractivity contribution is 0.398. The molecule has 0 atom stereocenters. The fourth-order valence-electron chi connectivity index (χ4n) is 8.57. The van der Waals surface area contributed by atoms with Crippen LogP contribution in [0.15, 0.2) is 97.1 Å². The van der Waals surface area contributed by atoms with Crippen LogP contribution in [0.25, 0.3) is 44.4 Å². The zero-order valence-corrected chi connectivity index (χ0v) is 34.8. The molecule has 1 aliphatic carbocycles. The lowest BCUT2D eigenvalue weighted by Gasteiger charge is -2.33. The van der Waals surface area contributed by atoms with Crippen molar-refractivity contribution in [3.8, 4) is 33.4 Å². The zero-order valence-electron chi connectivity index (χ0n) is 33.9. The van der Waals surface area contributed by atoms with Gasteiger partial charge in [0.1, 0.15) is 11.0 Å². The highest BCUT2D eigenvalue weighted by atomic mass is 32.1. The molecule has 0 amide bonds. The molecule has 54 heavy (non-hydrogen) atoms. The minimum absolute atomic E-state index is 0.160. The molecule has 0 fully saturated rings. The number of unbranched alkanes of at least 4 members (excludes halogenated alkanes) is 10. The fraction of sp³-hybridized carbons (Fsp3) is 0.412. The Bertz CT molecular complexity index is 2070. The van der Waals surface area contributed by atoms with Crippen LogP contribution >= 0.6 is 11.7 Å². The SMILES string of the molecule is CCCCCCCCC1(CCCCCCCC)c2cc(C)ccc2-c2ccc(-c3ccc(C)cc3)cc21.Cc1ccc(-c2ccc(C)c3nsnc23)cc1. The standard InChI is InChI=1S/C37H50.C14H12N2S/c1-5-7-9-11-13-15-25-37(26-16-14-12-10-8-6-2)35-27-30(4)19-23-33(35)34-24-22-32(28-36(34)37)31-20-17-29(3)18-21-31;1-9-3-6-11(7-4-9)12-8-5-10(2)13-14(12)16-17-15-13/h17-24,27-28H,5-16,25-26H2,1-4H3;3-8H,1-2H3. The van der Waals surface area contributed by atoms with Crippen LogP contribution in [0.1, 0.15) is 137 Å². The third-order valence-corrected chi connectivity index (χ3v) is 12.3. The van der Waals surface area contributed by atoms with Crippen molar-refractivity contribution in [2.75, 3.05) is 0 Å². The molecule has 0 aliphatic heterocycles. The van der Waals surface area contributed by atoms with E-state index in [0.29, 0.717) is 0 Å². The molecule has 0 N–H and O–H groups in total. The summed E-state index contributed by atoms with van der Waals surface area (Å²) < 4.78 is 8.76. The predicted molar refractivity (Wildman–Crippen MR) is 236 cm³/mol. The van der Waals surface area contributed by atoms with Gasteiger partial charge in [-0.2, -0.15) is 8.75 Å². The molecule has 2 nitrogen and oxygen atoms in total. The van der Waals surface area contributed by atoms with Gasteiger partial charge < -0.3 is 0 Å². The van der Waals surface area contributed by atoms with E-state index in [1.165, 1.54) is 157 Å². The molecule has 0 saturated heterocycles. The van der Waals surface area contributed by atoms with Gasteiger partial charge in [-0.05, 0) is 91.1 Å². The van der Waals surface area contributed by atoms with Gasteiger partial charge in [0.2, 0.25) is 0 Å². The molecule has 1 heterocycles. The van der Waals surface area contributed by atoms with Crippen LogP contribution in [0.5, 0.6) is 0 Å². The maximum atomic E-state index is 4.41. The van der Waals surface area contributed by atoms with E-state index in [1.807, 2.05) is 0 Å². The number of aryl methyl sites for hydroxylation is 4. The van der Waals surface area contributed by atoms with Gasteiger partial charge in [-0.15, -0.1) is 0 Å². The molecule has 0 unspecified atom stereocenters. The van der Waals surface area contributed by atoms with Crippen LogP contribution in [0.3, 0.4) is 0 Å². The Hall–Kier alpha value is -4.08. The minimum Gasteiger partial charge on any atom is -0.173 e. The molecule has 3 heteroatoms. The highest BCUT2D eigenvalue weighted by molar-refractivity contribution is 7.00. The van der Waals surface area contributed by atoms with Crippen LogP contribution in [-0.2, 0) is 5.41 Å². The molecule has 0 radical (unpaired) electrons. The van der Waals surface area contributed by atoms with Crippen molar-refractivity contribution in [1.82, 2.24) is 8.75 Å². The molecule has 6 aromatic rings. The molecule has 7 rings (SSSR count). The fourth-order valence-corrected chi connectivity index (χ4v) is 9.19. The maximum absolute atomic E-state index is 4.41. The smallest absolute Gasteiger partial charge is 0.112 e. The van der Waals surface area contributed by atoms with E-state index in [0.717, 1.165) is 11.0 Å². The average Bonchev–Trinajstić information content (AvgIpc) is 3.78. The van der Waals surface area contributed by atoms with E-state index in [9.17, 15) is 0 Å². The number of nitrogens with zero attached hydrogens (tertiary/aromatic N) is 2. The maximum Gasteiger partial charge on any atom is 0.112 e. The summed E-state index contributed by atoms with van der Waals surface area (Å²) in [4.78, 5) is 0. The number of hydrogen-bond donors (Lipinski definition) is 0. The van der Waals surface area contributed by atoms with E-state index in [1.54, 1.807) is 11.1 Å². The Labute approximate surface area is 330 Å². The Balaban J connectivity index is 0.000000242. The molecule has 1 aliphatic rings. The second-order valence-corrected chi connectivity index (χ2v) is 16.6. The summed E-state index contributed by atoms with van der Waals surface area (Å²) in [7, 11) is 0. The van der Waals surface area contributed by atoms with Crippen molar-refractivity contribution in [2.24, 2.45) is 0 Å². The molecule has 0 saturated carbocycles. The first kappa shape index (κ1) is 39.6. The summed E-state index contributed by atoms with van der Waals surface area (Å²) in [6.07, 6.45) is 18.9. The third-order valence-electron chi connectivity index (χ3n) is 11.8. The van der Waals surface area contributed by atoms with Gasteiger partial charge in [0.15, 0.2) is 0 Å². The minimum atomic E-state index is 0.160. The Kier molecular flexibility index (Phi) is 13.9. The average molecular weight is 735 g/mol. The molecule has 5 aromatic carbocycles. The van der Waals surface area contributed by atoms with Crippen molar-refractivity contribution in [1.29, 1.82) is 0 Å². The first-order chi connectivity index (χ1) is 26.3. The van der Waals surface area contributed by atoms with Crippen molar-refractivity contribution in [2.45, 2.75) is 137 Å². The van der Waals surface area contributed by atoms with Crippen molar-refractivity contribution in [3.05, 3.63) is 130 Å². The number of aromatic nitrogens is 2. The lowest BCUT2D eigenvalue weighted by Crippen LogP contribution is -2.25. The number of rotatable bonds is 16. The Morgan fingerprint density at radius 1 is 0.426 bits per heavy atom. The first-order valence-electron chi connectivity index (χ1n) is 21.0. The van der Waals surface area contributed by atoms with Crippen LogP contribution in [0.4, 0.5) is 0 Å². The quantitative estimate of drug-likeness (QED) is 0.0925. The van der Waals surface area contributed by atoms with Crippen LogP contribution in [-0.4, -0.2) is 8.75 Å². The molecule has 0 spiro atoms. The molecule has 1 aromatic heterocycles. The number of hydrogen-bond acceptors (Lipinski definition) is 3. The third kappa shape index (κ3) is 9.23. The van der Waals surface area contributed by atoms with Crippen LogP contribution < -0.4 is 0 Å². The lowest BCUT2D eigenvalue weighted by atomic mass is 9.70. The van der Waals surface area contributed by atoms with Crippen LogP contribution in [0.2, 0.25) is 0 Å². The number of benzene rings is 5.